The predicted octanol–water partition coefficient (Wildman–Crippen LogP) is 7.23. The highest BCUT2D eigenvalue weighted by atomic mass is 31.2. The van der Waals surface area contributed by atoms with E-state index in [4.69, 9.17) is 57.3 Å². The van der Waals surface area contributed by atoms with Crippen LogP contribution >= 0.6 is 30.6 Å². The van der Waals surface area contributed by atoms with E-state index < -0.39 is 49.1 Å². The molecule has 3 aromatic heterocycles. The zero-order chi connectivity index (χ0) is 54.2. The smallest absolute Gasteiger partial charge is 0.342 e. The van der Waals surface area contributed by atoms with Crippen LogP contribution in [0, 0.1) is 23.7 Å². The molecule has 4 rings (SSSR count). The van der Waals surface area contributed by atoms with Crippen LogP contribution in [0.5, 0.6) is 11.5 Å². The van der Waals surface area contributed by atoms with Crippen LogP contribution < -0.4 is 9.47 Å². The van der Waals surface area contributed by atoms with Gasteiger partial charge in [-0.05, 0) is 64.8 Å². The van der Waals surface area contributed by atoms with E-state index in [1.54, 1.807) is 90.7 Å². The predicted molar refractivity (Wildman–Crippen MR) is 278 cm³/mol. The molecule has 4 unspecified atom stereocenters. The Hall–Kier alpha value is -4.50. The van der Waals surface area contributed by atoms with E-state index >= 15 is 0 Å². The molecule has 74 heavy (non-hydrogen) atoms. The number of carboxylic acids is 1. The standard InChI is InChI=1S/C47H69N7O16P4/c1-8-67-71(57)34-51(36-73(59,60)69-10-3)32-41-20-22-53(49-41)45-28-38(29-46(48-45)54-23-21-42(50-54)33-52(35-72(7,58)68-9-2)37-74(61,62)70-11-4)18-19-40-31-43(65-26-24-63-5)39(30-44(40)66-27-25-64-6)16-14-12-13-15-17-47(55)56/h20-23,28-31,71H,8-13,15,17,24-27,32-37H2,1-7H3,(H,55,56)(H,59,60)(H,61,62). The molecule has 0 saturated carbocycles. The third-order valence-corrected chi connectivity index (χ3v) is 15.8. The highest BCUT2D eigenvalue weighted by molar-refractivity contribution is 7.58. The number of rotatable bonds is 34. The van der Waals surface area contributed by atoms with Crippen LogP contribution in [0.15, 0.2) is 48.8 Å². The number of carboxylic acid groups (broad SMARTS) is 1. The Bertz CT molecular complexity index is 2700. The van der Waals surface area contributed by atoms with Gasteiger partial charge >= 0.3 is 21.2 Å². The molecular weight excluding hydrogens is 1040 g/mol. The fraction of sp³-hybridized carbons (Fsp3) is 0.532. The van der Waals surface area contributed by atoms with Crippen molar-refractivity contribution in [1.82, 2.24) is 34.3 Å². The maximum Gasteiger partial charge on any atom is 0.342 e. The Morgan fingerprint density at radius 1 is 0.703 bits per heavy atom. The van der Waals surface area contributed by atoms with E-state index in [0.717, 1.165) is 0 Å². The van der Waals surface area contributed by atoms with Crippen LogP contribution in [-0.4, -0.2) is 154 Å². The minimum Gasteiger partial charge on any atom is -0.490 e. The average molecular weight is 1110 g/mol. The number of nitrogens with zero attached hydrogens (tertiary/aromatic N) is 7. The molecule has 0 aliphatic carbocycles. The summed E-state index contributed by atoms with van der Waals surface area (Å²) in [4.78, 5) is 40.0. The molecule has 4 atom stereocenters. The van der Waals surface area contributed by atoms with E-state index in [2.05, 4.69) is 23.7 Å². The van der Waals surface area contributed by atoms with Gasteiger partial charge in [0.25, 0.3) is 0 Å². The van der Waals surface area contributed by atoms with Gasteiger partial charge in [-0.3, -0.25) is 32.9 Å². The maximum atomic E-state index is 13.3. The van der Waals surface area contributed by atoms with Crippen molar-refractivity contribution >= 4 is 36.6 Å². The Balaban J connectivity index is 1.85. The van der Waals surface area contributed by atoms with E-state index in [9.17, 15) is 32.8 Å². The van der Waals surface area contributed by atoms with Crippen LogP contribution in [0.3, 0.4) is 0 Å². The number of unbranched alkanes of at least 4 members (excludes halogenated alkanes) is 2. The summed E-state index contributed by atoms with van der Waals surface area (Å²) < 4.78 is 98.7. The van der Waals surface area contributed by atoms with Crippen molar-refractivity contribution in [3.8, 4) is 46.8 Å². The van der Waals surface area contributed by atoms with Gasteiger partial charge in [0.1, 0.15) is 37.3 Å². The number of aliphatic carboxylic acids is 1. The molecule has 3 heterocycles. The number of benzene rings is 1. The fourth-order valence-corrected chi connectivity index (χ4v) is 12.3. The van der Waals surface area contributed by atoms with Crippen molar-refractivity contribution < 1.29 is 75.0 Å². The summed E-state index contributed by atoms with van der Waals surface area (Å²) in [5, 5.41) is 18.5. The minimum atomic E-state index is -4.12. The van der Waals surface area contributed by atoms with Crippen LogP contribution in [0.25, 0.3) is 11.6 Å². The molecule has 0 aliphatic rings. The molecule has 27 heteroatoms. The van der Waals surface area contributed by atoms with Crippen LogP contribution in [0.1, 0.15) is 81.5 Å². The highest BCUT2D eigenvalue weighted by Gasteiger charge is 2.29. The van der Waals surface area contributed by atoms with Gasteiger partial charge < -0.3 is 51.9 Å². The minimum absolute atomic E-state index is 0.00216. The van der Waals surface area contributed by atoms with Gasteiger partial charge in [0.15, 0.2) is 11.6 Å². The number of methoxy groups -OCH3 is 2. The topological polar surface area (TPSA) is 275 Å². The number of hydrogen-bond donors (Lipinski definition) is 3. The lowest BCUT2D eigenvalue weighted by molar-refractivity contribution is -0.137. The first-order valence-electron chi connectivity index (χ1n) is 23.8. The molecule has 0 bridgehead atoms. The van der Waals surface area contributed by atoms with Crippen LogP contribution in [-0.2, 0) is 63.7 Å². The van der Waals surface area contributed by atoms with E-state index in [1.165, 1.54) is 25.8 Å². The zero-order valence-electron chi connectivity index (χ0n) is 43.0. The Morgan fingerprint density at radius 2 is 1.23 bits per heavy atom. The number of pyridine rings is 1. The zero-order valence-corrected chi connectivity index (χ0v) is 46.7. The number of carbonyl (C=O) groups is 1. The summed E-state index contributed by atoms with van der Waals surface area (Å²) in [6.45, 7) is 9.40. The van der Waals surface area contributed by atoms with Gasteiger partial charge in [-0.25, -0.2) is 14.3 Å². The molecular formula is C47H69N7O16P4. The molecule has 0 aliphatic heterocycles. The molecule has 0 spiro atoms. The van der Waals surface area contributed by atoms with Crippen LogP contribution in [0.4, 0.5) is 0 Å². The SMILES string of the molecule is CCO[PH](=O)CN(Cc1ccn(-c2cc(C#Cc3cc(OCCOC)c(C#CCCCCC(=O)O)cc3OCCOC)cc(-n3ccc(CN(CP(C)(=O)OCC)CP(=O)(O)OCC)n3)n2)n1)CP(=O)(O)OCC. The summed E-state index contributed by atoms with van der Waals surface area (Å²) in [6.07, 6.45) is 3.75. The van der Waals surface area contributed by atoms with Crippen molar-refractivity contribution in [1.29, 1.82) is 0 Å². The Labute approximate surface area is 433 Å². The molecule has 3 N–H and O–H groups in total. The Morgan fingerprint density at radius 3 is 1.74 bits per heavy atom. The van der Waals surface area contributed by atoms with Gasteiger partial charge in [0.2, 0.25) is 15.4 Å². The Kier molecular flexibility index (Phi) is 26.4. The van der Waals surface area contributed by atoms with Gasteiger partial charge in [0, 0.05) is 76.9 Å². The van der Waals surface area contributed by atoms with E-state index in [-0.39, 0.29) is 90.0 Å². The van der Waals surface area contributed by atoms with Gasteiger partial charge in [-0.2, -0.15) is 10.2 Å². The summed E-state index contributed by atoms with van der Waals surface area (Å²) >= 11 is 0. The molecule has 0 amide bonds. The lowest BCUT2D eigenvalue weighted by Crippen LogP contribution is -2.27. The maximum absolute atomic E-state index is 13.3. The molecule has 0 saturated heterocycles. The quantitative estimate of drug-likeness (QED) is 0.0236. The van der Waals surface area contributed by atoms with Crippen molar-refractivity contribution in [2.45, 2.75) is 66.5 Å². The summed E-state index contributed by atoms with van der Waals surface area (Å²) in [6, 6.07) is 10.2. The second-order valence-electron chi connectivity index (χ2n) is 16.3. The van der Waals surface area contributed by atoms with Gasteiger partial charge in [0.05, 0.1) is 74.7 Å². The van der Waals surface area contributed by atoms with Crippen LogP contribution in [0.2, 0.25) is 0 Å². The number of aromatic nitrogens is 5. The van der Waals surface area contributed by atoms with Crippen molar-refractivity contribution in [2.24, 2.45) is 0 Å². The van der Waals surface area contributed by atoms with Gasteiger partial charge in [-0.1, -0.05) is 23.7 Å². The molecule has 0 fully saturated rings. The van der Waals surface area contributed by atoms with E-state index in [1.807, 2.05) is 0 Å². The van der Waals surface area contributed by atoms with Gasteiger partial charge in [-0.15, -0.1) is 0 Å². The first kappa shape index (κ1) is 62.0. The van der Waals surface area contributed by atoms with Crippen molar-refractivity contribution in [3.05, 3.63) is 76.9 Å². The summed E-state index contributed by atoms with van der Waals surface area (Å²) in [7, 11) is -11.0. The molecule has 408 valence electrons. The second kappa shape index (κ2) is 31.5. The molecule has 1 aromatic carbocycles. The number of ether oxygens (including phenoxy) is 4. The third kappa shape index (κ3) is 22.4. The summed E-state index contributed by atoms with van der Waals surface area (Å²) in [5.74, 6) is 13.2. The number of hydrogen-bond acceptors (Lipinski definition) is 18. The monoisotopic (exact) mass is 1110 g/mol. The lowest BCUT2D eigenvalue weighted by atomic mass is 10.1. The van der Waals surface area contributed by atoms with Crippen molar-refractivity contribution in [3.63, 3.8) is 0 Å². The molecule has 23 nitrogen and oxygen atoms in total. The second-order valence-corrected chi connectivity index (χ2v) is 23.9. The fourth-order valence-electron chi connectivity index (χ4n) is 7.02. The first-order valence-corrected chi connectivity index (χ1v) is 31.1. The highest BCUT2D eigenvalue weighted by Crippen LogP contribution is 2.48. The summed E-state index contributed by atoms with van der Waals surface area (Å²) in [5.41, 5.74) is 2.27. The van der Waals surface area contributed by atoms with Crippen molar-refractivity contribution in [2.75, 3.05) is 98.9 Å². The molecule has 4 aromatic rings. The third-order valence-electron chi connectivity index (χ3n) is 9.94. The normalized spacial score (nSPS) is 14.3. The first-order chi connectivity index (χ1) is 35.3. The average Bonchev–Trinajstić information content (AvgIpc) is 3.99. The largest absolute Gasteiger partial charge is 0.490 e. The van der Waals surface area contributed by atoms with E-state index in [0.29, 0.717) is 65.4 Å². The molecule has 0 radical (unpaired) electrons. The lowest BCUT2D eigenvalue weighted by Gasteiger charge is -2.26.